The summed E-state index contributed by atoms with van der Waals surface area (Å²) in [7, 11) is 3.17. The van der Waals surface area contributed by atoms with Crippen LogP contribution in [0.3, 0.4) is 0 Å². The number of rotatable bonds is 4. The van der Waals surface area contributed by atoms with Gasteiger partial charge < -0.3 is 24.6 Å². The number of benzene rings is 1. The molecule has 1 unspecified atom stereocenters. The molecule has 2 aliphatic heterocycles. The molecule has 0 radical (unpaired) electrons. The minimum absolute atomic E-state index is 0.101. The second-order valence-electron chi connectivity index (χ2n) is 6.68. The lowest BCUT2D eigenvalue weighted by atomic mass is 10.2. The minimum atomic E-state index is -0.381. The van der Waals surface area contributed by atoms with E-state index in [2.05, 4.69) is 15.2 Å². The fourth-order valence-electron chi connectivity index (χ4n) is 3.45. The maximum atomic E-state index is 13.8. The van der Waals surface area contributed by atoms with Crippen LogP contribution in [0.1, 0.15) is 18.4 Å². The first kappa shape index (κ1) is 19.4. The monoisotopic (exact) mass is 378 g/mol. The van der Waals surface area contributed by atoms with Crippen LogP contribution in [0.4, 0.5) is 4.39 Å². The van der Waals surface area contributed by atoms with Crippen molar-refractivity contribution in [3.63, 3.8) is 0 Å². The third-order valence-corrected chi connectivity index (χ3v) is 4.97. The quantitative estimate of drug-likeness (QED) is 0.631. The third-order valence-electron chi connectivity index (χ3n) is 4.97. The number of guanidine groups is 1. The number of hydrogen-bond acceptors (Lipinski definition) is 4. The van der Waals surface area contributed by atoms with Crippen LogP contribution in [0.5, 0.6) is 5.75 Å². The van der Waals surface area contributed by atoms with E-state index < -0.39 is 0 Å². The Morgan fingerprint density at radius 3 is 2.67 bits per heavy atom. The van der Waals surface area contributed by atoms with Crippen molar-refractivity contribution >= 4 is 11.9 Å². The van der Waals surface area contributed by atoms with Crippen LogP contribution in [0, 0.1) is 5.82 Å². The Labute approximate surface area is 159 Å². The van der Waals surface area contributed by atoms with Gasteiger partial charge in [0.1, 0.15) is 6.10 Å². The van der Waals surface area contributed by atoms with E-state index in [9.17, 15) is 9.18 Å². The van der Waals surface area contributed by atoms with Crippen LogP contribution in [0.25, 0.3) is 0 Å². The van der Waals surface area contributed by atoms with Crippen molar-refractivity contribution in [1.82, 2.24) is 15.1 Å². The summed E-state index contributed by atoms with van der Waals surface area (Å²) in [4.78, 5) is 20.7. The first-order chi connectivity index (χ1) is 13.1. The number of nitrogens with one attached hydrogen (secondary N) is 1. The van der Waals surface area contributed by atoms with E-state index in [1.54, 1.807) is 13.1 Å². The van der Waals surface area contributed by atoms with Crippen molar-refractivity contribution in [2.24, 2.45) is 4.99 Å². The number of ether oxygens (including phenoxy) is 2. The number of carbonyl (C=O) groups excluding carboxylic acids is 1. The summed E-state index contributed by atoms with van der Waals surface area (Å²) < 4.78 is 24.3. The zero-order valence-corrected chi connectivity index (χ0v) is 15.9. The van der Waals surface area contributed by atoms with Gasteiger partial charge in [0.2, 0.25) is 0 Å². The van der Waals surface area contributed by atoms with Crippen molar-refractivity contribution < 1.29 is 18.7 Å². The normalized spacial score (nSPS) is 20.7. The first-order valence-electron chi connectivity index (χ1n) is 9.30. The topological polar surface area (TPSA) is 66.4 Å². The van der Waals surface area contributed by atoms with E-state index in [1.165, 1.54) is 13.2 Å². The zero-order chi connectivity index (χ0) is 19.2. The van der Waals surface area contributed by atoms with Crippen molar-refractivity contribution in [3.05, 3.63) is 29.6 Å². The molecule has 27 heavy (non-hydrogen) atoms. The minimum Gasteiger partial charge on any atom is -0.494 e. The number of aliphatic imine (C=N–C) groups is 1. The van der Waals surface area contributed by atoms with E-state index in [0.717, 1.165) is 24.4 Å². The lowest BCUT2D eigenvalue weighted by Crippen LogP contribution is -2.55. The summed E-state index contributed by atoms with van der Waals surface area (Å²) in [6, 6.07) is 4.89. The average molecular weight is 378 g/mol. The predicted octanol–water partition coefficient (Wildman–Crippen LogP) is 1.23. The molecule has 2 heterocycles. The summed E-state index contributed by atoms with van der Waals surface area (Å²) in [5.41, 5.74) is 0.807. The van der Waals surface area contributed by atoms with Gasteiger partial charge in [-0.3, -0.25) is 9.79 Å². The number of halogens is 1. The lowest BCUT2D eigenvalue weighted by Gasteiger charge is -2.37. The standard InChI is InChI=1S/C19H27FN4O3/c1-21-19(22-13-14-5-6-16(26-2)15(20)12-14)24-9-7-23(8-10-24)18(25)17-4-3-11-27-17/h5-6,12,17H,3-4,7-11,13H2,1-2H3,(H,21,22). The predicted molar refractivity (Wildman–Crippen MR) is 100 cm³/mol. The Hall–Kier alpha value is -2.35. The fourth-order valence-corrected chi connectivity index (χ4v) is 3.45. The molecule has 3 rings (SSSR count). The van der Waals surface area contributed by atoms with Crippen LogP contribution in [0.2, 0.25) is 0 Å². The van der Waals surface area contributed by atoms with E-state index in [-0.39, 0.29) is 23.6 Å². The number of piperazine rings is 1. The number of nitrogens with zero attached hydrogens (tertiary/aromatic N) is 3. The van der Waals surface area contributed by atoms with E-state index in [1.807, 2.05) is 11.0 Å². The van der Waals surface area contributed by atoms with Crippen molar-refractivity contribution in [1.29, 1.82) is 0 Å². The highest BCUT2D eigenvalue weighted by molar-refractivity contribution is 5.82. The van der Waals surface area contributed by atoms with Gasteiger partial charge in [0.05, 0.1) is 7.11 Å². The van der Waals surface area contributed by atoms with E-state index in [0.29, 0.717) is 39.3 Å². The van der Waals surface area contributed by atoms with Crippen LogP contribution in [-0.2, 0) is 16.1 Å². The third kappa shape index (κ3) is 4.68. The van der Waals surface area contributed by atoms with Crippen molar-refractivity contribution in [3.8, 4) is 5.75 Å². The van der Waals surface area contributed by atoms with Gasteiger partial charge in [0.25, 0.3) is 5.91 Å². The fraction of sp³-hybridized carbons (Fsp3) is 0.579. The Morgan fingerprint density at radius 1 is 1.33 bits per heavy atom. The molecule has 0 bridgehead atoms. The van der Waals surface area contributed by atoms with Crippen LogP contribution in [0.15, 0.2) is 23.2 Å². The number of methoxy groups -OCH3 is 1. The largest absolute Gasteiger partial charge is 0.494 e. The molecular weight excluding hydrogens is 351 g/mol. The molecule has 148 valence electrons. The maximum absolute atomic E-state index is 13.8. The summed E-state index contributed by atoms with van der Waals surface area (Å²) in [6.45, 7) is 3.85. The molecule has 7 nitrogen and oxygen atoms in total. The van der Waals surface area contributed by atoms with E-state index in [4.69, 9.17) is 9.47 Å². The maximum Gasteiger partial charge on any atom is 0.251 e. The van der Waals surface area contributed by atoms with Gasteiger partial charge in [0, 0.05) is 46.4 Å². The first-order valence-corrected chi connectivity index (χ1v) is 9.30. The molecule has 0 saturated carbocycles. The molecule has 0 aromatic heterocycles. The summed E-state index contributed by atoms with van der Waals surface area (Å²) >= 11 is 0. The van der Waals surface area contributed by atoms with Crippen molar-refractivity contribution in [2.45, 2.75) is 25.5 Å². The molecular formula is C19H27FN4O3. The molecule has 2 saturated heterocycles. The number of amides is 1. The van der Waals surface area contributed by atoms with Crippen LogP contribution in [-0.4, -0.2) is 74.7 Å². The molecule has 1 aromatic carbocycles. The molecule has 1 amide bonds. The van der Waals surface area contributed by atoms with Gasteiger partial charge >= 0.3 is 0 Å². The molecule has 0 aliphatic carbocycles. The molecule has 1 aromatic rings. The molecule has 2 fully saturated rings. The average Bonchev–Trinajstić information content (AvgIpc) is 3.23. The SMILES string of the molecule is CN=C(NCc1ccc(OC)c(F)c1)N1CCN(C(=O)C2CCCO2)CC1. The van der Waals surface area contributed by atoms with E-state index >= 15 is 0 Å². The summed E-state index contributed by atoms with van der Waals surface area (Å²) in [6.07, 6.45) is 1.51. The van der Waals surface area contributed by atoms with Crippen molar-refractivity contribution in [2.75, 3.05) is 46.9 Å². The highest BCUT2D eigenvalue weighted by Gasteiger charge is 2.30. The van der Waals surface area contributed by atoms with Crippen LogP contribution < -0.4 is 10.1 Å². The second-order valence-corrected chi connectivity index (χ2v) is 6.68. The molecule has 1 atom stereocenters. The molecule has 8 heteroatoms. The zero-order valence-electron chi connectivity index (χ0n) is 15.9. The van der Waals surface area contributed by atoms with Gasteiger partial charge in [0.15, 0.2) is 17.5 Å². The highest BCUT2D eigenvalue weighted by atomic mass is 19.1. The van der Waals surface area contributed by atoms with Crippen LogP contribution >= 0.6 is 0 Å². The van der Waals surface area contributed by atoms with Gasteiger partial charge in [-0.05, 0) is 30.5 Å². The summed E-state index contributed by atoms with van der Waals surface area (Å²) in [5, 5.41) is 3.26. The number of carbonyl (C=O) groups is 1. The second kappa shape index (κ2) is 9.03. The Bertz CT molecular complexity index is 684. The number of hydrogen-bond donors (Lipinski definition) is 1. The summed E-state index contributed by atoms with van der Waals surface area (Å²) in [5.74, 6) is 0.697. The Morgan fingerprint density at radius 2 is 2.07 bits per heavy atom. The Balaban J connectivity index is 1.50. The lowest BCUT2D eigenvalue weighted by molar-refractivity contribution is -0.142. The van der Waals surface area contributed by atoms with Gasteiger partial charge in [-0.25, -0.2) is 4.39 Å². The highest BCUT2D eigenvalue weighted by Crippen LogP contribution is 2.18. The molecule has 2 aliphatic rings. The van der Waals surface area contributed by atoms with Gasteiger partial charge in [-0.1, -0.05) is 6.07 Å². The Kier molecular flexibility index (Phi) is 6.49. The smallest absolute Gasteiger partial charge is 0.251 e. The van der Waals surface area contributed by atoms with Gasteiger partial charge in [-0.15, -0.1) is 0 Å². The molecule has 0 spiro atoms. The van der Waals surface area contributed by atoms with Gasteiger partial charge in [-0.2, -0.15) is 0 Å². The molecule has 1 N–H and O–H groups in total.